The molecule has 4 atom stereocenters. The van der Waals surface area contributed by atoms with E-state index < -0.39 is 0 Å². The zero-order chi connectivity index (χ0) is 24.4. The maximum Gasteiger partial charge on any atom is 0.282 e. The van der Waals surface area contributed by atoms with Crippen molar-refractivity contribution in [1.82, 2.24) is 15.2 Å². The number of hydrogen-bond acceptors (Lipinski definition) is 5. The highest BCUT2D eigenvalue weighted by Crippen LogP contribution is 2.50. The fraction of sp³-hybridized carbons (Fsp3) is 0.321. The van der Waals surface area contributed by atoms with Crippen molar-refractivity contribution in [2.24, 2.45) is 11.8 Å². The summed E-state index contributed by atoms with van der Waals surface area (Å²) in [5, 5.41) is 4.26. The van der Waals surface area contributed by atoms with Gasteiger partial charge in [-0.3, -0.25) is 14.6 Å². The molecule has 6 nitrogen and oxygen atoms in total. The van der Waals surface area contributed by atoms with Gasteiger partial charge in [0.05, 0.1) is 17.9 Å². The molecule has 7 heteroatoms. The van der Waals surface area contributed by atoms with Gasteiger partial charge in [0.1, 0.15) is 5.75 Å². The second-order valence-corrected chi connectivity index (χ2v) is 10.2. The van der Waals surface area contributed by atoms with Crippen LogP contribution in [0.25, 0.3) is 10.9 Å². The maximum absolute atomic E-state index is 12.9. The molecule has 0 bridgehead atoms. The summed E-state index contributed by atoms with van der Waals surface area (Å²) >= 11 is 1.41. The van der Waals surface area contributed by atoms with E-state index in [1.165, 1.54) is 11.8 Å². The van der Waals surface area contributed by atoms with E-state index in [1.807, 2.05) is 71.8 Å². The van der Waals surface area contributed by atoms with Gasteiger partial charge in [0.25, 0.3) is 11.1 Å². The van der Waals surface area contributed by atoms with Crippen LogP contribution < -0.4 is 10.1 Å². The van der Waals surface area contributed by atoms with Gasteiger partial charge in [-0.05, 0) is 66.6 Å². The summed E-state index contributed by atoms with van der Waals surface area (Å²) in [6, 6.07) is 17.3. The number of carbonyl (C=O) groups is 2. The molecule has 4 unspecified atom stereocenters. The van der Waals surface area contributed by atoms with E-state index in [1.54, 1.807) is 7.11 Å². The Labute approximate surface area is 209 Å². The largest absolute Gasteiger partial charge is 0.497 e. The number of aromatic nitrogens is 1. The number of fused-ring (bicyclic) bond motifs is 2. The van der Waals surface area contributed by atoms with Crippen LogP contribution >= 0.6 is 11.8 Å². The third-order valence-electron chi connectivity index (χ3n) is 7.23. The van der Waals surface area contributed by atoms with Crippen molar-refractivity contribution >= 4 is 33.8 Å². The lowest BCUT2D eigenvalue weighted by atomic mass is 9.79. The van der Waals surface area contributed by atoms with Crippen LogP contribution in [0.5, 0.6) is 5.75 Å². The van der Waals surface area contributed by atoms with Crippen LogP contribution in [-0.2, 0) is 0 Å². The van der Waals surface area contributed by atoms with E-state index in [4.69, 9.17) is 4.74 Å². The fourth-order valence-corrected chi connectivity index (χ4v) is 6.65. The number of thioether (sulfide) groups is 1. The molecule has 2 amide bonds. The van der Waals surface area contributed by atoms with Crippen LogP contribution in [0.4, 0.5) is 4.79 Å². The molecule has 180 valence electrons. The van der Waals surface area contributed by atoms with Crippen molar-refractivity contribution in [3.63, 3.8) is 0 Å². The molecule has 0 saturated carbocycles. The van der Waals surface area contributed by atoms with Crippen molar-refractivity contribution in [1.29, 1.82) is 0 Å². The Bertz CT molecular complexity index is 1250. The molecule has 1 N–H and O–H groups in total. The molecule has 3 heterocycles. The third kappa shape index (κ3) is 4.65. The summed E-state index contributed by atoms with van der Waals surface area (Å²) in [6.45, 7) is 5.33. The molecule has 1 aromatic heterocycles. The van der Waals surface area contributed by atoms with E-state index in [9.17, 15) is 9.59 Å². The Morgan fingerprint density at radius 3 is 2.89 bits per heavy atom. The molecule has 2 aromatic carbocycles. The number of benzene rings is 2. The summed E-state index contributed by atoms with van der Waals surface area (Å²) in [5.41, 5.74) is 2.67. The number of methoxy groups -OCH3 is 1. The van der Waals surface area contributed by atoms with E-state index >= 15 is 0 Å². The molecule has 35 heavy (non-hydrogen) atoms. The normalized spacial score (nSPS) is 22.5. The average molecular weight is 488 g/mol. The van der Waals surface area contributed by atoms with Crippen molar-refractivity contribution in [2.75, 3.05) is 20.2 Å². The topological polar surface area (TPSA) is 71.5 Å². The van der Waals surface area contributed by atoms with Crippen LogP contribution in [0.15, 0.2) is 73.4 Å². The first-order valence-corrected chi connectivity index (χ1v) is 12.8. The van der Waals surface area contributed by atoms with Gasteiger partial charge in [-0.15, -0.1) is 6.58 Å². The number of hydrogen-bond donors (Lipinski definition) is 1. The van der Waals surface area contributed by atoms with Gasteiger partial charge in [-0.25, -0.2) is 0 Å². The Balaban J connectivity index is 1.35. The molecule has 0 radical (unpaired) electrons. The number of rotatable bonds is 7. The minimum Gasteiger partial charge on any atom is -0.497 e. The highest BCUT2D eigenvalue weighted by molar-refractivity contribution is 8.14. The minimum atomic E-state index is -0.0726. The van der Waals surface area contributed by atoms with Gasteiger partial charge in [0.15, 0.2) is 0 Å². The summed E-state index contributed by atoms with van der Waals surface area (Å²) in [6.07, 6.45) is 5.55. The van der Waals surface area contributed by atoms with Crippen molar-refractivity contribution in [3.05, 3.63) is 84.6 Å². The number of piperidine rings is 1. The molecule has 0 spiro atoms. The van der Waals surface area contributed by atoms with Crippen molar-refractivity contribution < 1.29 is 14.3 Å². The monoisotopic (exact) mass is 487 g/mol. The zero-order valence-corrected chi connectivity index (χ0v) is 20.5. The molecule has 2 aliphatic heterocycles. The highest BCUT2D eigenvalue weighted by atomic mass is 32.2. The van der Waals surface area contributed by atoms with Crippen LogP contribution in [0.2, 0.25) is 0 Å². The summed E-state index contributed by atoms with van der Waals surface area (Å²) < 4.78 is 5.45. The molecule has 2 aliphatic rings. The van der Waals surface area contributed by atoms with E-state index in [2.05, 4.69) is 16.9 Å². The Kier molecular flexibility index (Phi) is 6.77. The number of ether oxygens (including phenoxy) is 1. The van der Waals surface area contributed by atoms with Gasteiger partial charge in [-0.1, -0.05) is 36.0 Å². The molecule has 3 aromatic rings. The first-order valence-electron chi connectivity index (χ1n) is 11.9. The van der Waals surface area contributed by atoms with Gasteiger partial charge < -0.3 is 15.0 Å². The lowest BCUT2D eigenvalue weighted by molar-refractivity contribution is 0.0934. The summed E-state index contributed by atoms with van der Waals surface area (Å²) in [5.74, 6) is 1.18. The molecule has 2 saturated heterocycles. The first-order chi connectivity index (χ1) is 17.1. The predicted molar refractivity (Wildman–Crippen MR) is 140 cm³/mol. The van der Waals surface area contributed by atoms with E-state index in [0.29, 0.717) is 18.0 Å². The number of nitrogens with zero attached hydrogens (tertiary/aromatic N) is 2. The second-order valence-electron chi connectivity index (χ2n) is 9.11. The molecular formula is C28H29N3O3S. The average Bonchev–Trinajstić information content (AvgIpc) is 3.24. The fourth-order valence-electron chi connectivity index (χ4n) is 5.32. The molecular weight excluding hydrogens is 458 g/mol. The van der Waals surface area contributed by atoms with Gasteiger partial charge >= 0.3 is 0 Å². The second kappa shape index (κ2) is 10.1. The van der Waals surface area contributed by atoms with Crippen LogP contribution in [0, 0.1) is 11.8 Å². The van der Waals surface area contributed by atoms with Crippen LogP contribution in [0.3, 0.4) is 0 Å². The maximum atomic E-state index is 12.9. The Morgan fingerprint density at radius 1 is 1.29 bits per heavy atom. The number of pyridine rings is 1. The Morgan fingerprint density at radius 2 is 2.11 bits per heavy atom. The van der Waals surface area contributed by atoms with Crippen LogP contribution in [-0.4, -0.2) is 47.3 Å². The lowest BCUT2D eigenvalue weighted by Crippen LogP contribution is -2.44. The molecule has 2 fully saturated rings. The predicted octanol–water partition coefficient (Wildman–Crippen LogP) is 5.46. The quantitative estimate of drug-likeness (QED) is 0.448. The van der Waals surface area contributed by atoms with Crippen LogP contribution in [0.1, 0.15) is 34.0 Å². The number of carbonyl (C=O) groups excluding carboxylic acids is 2. The number of amides is 2. The van der Waals surface area contributed by atoms with E-state index in [0.717, 1.165) is 41.6 Å². The Hall–Kier alpha value is -3.32. The lowest BCUT2D eigenvalue weighted by Gasteiger charge is -2.39. The smallest absolute Gasteiger partial charge is 0.282 e. The van der Waals surface area contributed by atoms with Gasteiger partial charge in [0.2, 0.25) is 0 Å². The zero-order valence-electron chi connectivity index (χ0n) is 19.7. The number of nitrogens with one attached hydrogen (secondary N) is 1. The third-order valence-corrected chi connectivity index (χ3v) is 8.49. The molecule has 5 rings (SSSR count). The summed E-state index contributed by atoms with van der Waals surface area (Å²) in [7, 11) is 1.66. The standard InChI is InChI=1S/C28H29N3O3S/c1-3-18(17-30-27(32)19-7-5-4-6-8-19)20-12-14-31-25(15-20)26(35-28(31)33)22-11-13-29-24-10-9-21(34-2)16-23(22)24/h3-11,13,16,18,20,25-26H,1,12,14-15,17H2,2H3,(H,30,32). The van der Waals surface area contributed by atoms with Gasteiger partial charge in [-0.2, -0.15) is 0 Å². The minimum absolute atomic E-state index is 0.0206. The van der Waals surface area contributed by atoms with E-state index in [-0.39, 0.29) is 28.4 Å². The highest BCUT2D eigenvalue weighted by Gasteiger charge is 2.46. The van der Waals surface area contributed by atoms with Crippen molar-refractivity contribution in [2.45, 2.75) is 24.1 Å². The summed E-state index contributed by atoms with van der Waals surface area (Å²) in [4.78, 5) is 32.1. The SMILES string of the molecule is C=CC(CNC(=O)c1ccccc1)C1CCN2C(=O)SC(c3ccnc4ccc(OC)cc34)C2C1. The van der Waals surface area contributed by atoms with Gasteiger partial charge in [0, 0.05) is 36.3 Å². The molecule has 0 aliphatic carbocycles. The first kappa shape index (κ1) is 23.4. The van der Waals surface area contributed by atoms with Crippen molar-refractivity contribution in [3.8, 4) is 5.75 Å².